The number of urea groups is 1. The van der Waals surface area contributed by atoms with E-state index in [9.17, 15) is 17.6 Å². The van der Waals surface area contributed by atoms with Crippen LogP contribution in [0.5, 0.6) is 0 Å². The number of nitrogens with zero attached hydrogens (tertiary/aromatic N) is 2. The van der Waals surface area contributed by atoms with Gasteiger partial charge in [-0.1, -0.05) is 6.07 Å². The standard InChI is InChI=1S/C14H17FN4O3S/c1-23(21,22)7-5-17-14(20)18-9-11-2-3-13(12(15)8-11)19-6-4-16-10-19/h2-4,6,8,10H,5,7,9H2,1H3,(H2,17,18,20). The molecule has 1 aromatic carbocycles. The Kier molecular flexibility index (Phi) is 5.32. The minimum Gasteiger partial charge on any atom is -0.337 e. The van der Waals surface area contributed by atoms with Gasteiger partial charge in [0.2, 0.25) is 0 Å². The van der Waals surface area contributed by atoms with E-state index in [0.717, 1.165) is 6.26 Å². The first-order valence-corrected chi connectivity index (χ1v) is 8.87. The fraction of sp³-hybridized carbons (Fsp3) is 0.286. The SMILES string of the molecule is CS(=O)(=O)CCNC(=O)NCc1ccc(-n2ccnc2)c(F)c1. The maximum Gasteiger partial charge on any atom is 0.315 e. The second kappa shape index (κ2) is 7.23. The smallest absolute Gasteiger partial charge is 0.315 e. The van der Waals surface area contributed by atoms with Crippen molar-refractivity contribution in [2.24, 2.45) is 0 Å². The van der Waals surface area contributed by atoms with E-state index in [2.05, 4.69) is 15.6 Å². The van der Waals surface area contributed by atoms with Gasteiger partial charge in [-0.2, -0.15) is 0 Å². The molecule has 0 saturated heterocycles. The summed E-state index contributed by atoms with van der Waals surface area (Å²) in [6.07, 6.45) is 5.77. The summed E-state index contributed by atoms with van der Waals surface area (Å²) in [4.78, 5) is 15.4. The number of carbonyl (C=O) groups is 1. The molecule has 0 aliphatic carbocycles. The van der Waals surface area contributed by atoms with Crippen molar-refractivity contribution in [2.75, 3.05) is 18.6 Å². The Morgan fingerprint density at radius 2 is 2.13 bits per heavy atom. The third-order valence-corrected chi connectivity index (χ3v) is 3.95. The molecule has 2 amide bonds. The highest BCUT2D eigenvalue weighted by Gasteiger charge is 2.07. The summed E-state index contributed by atoms with van der Waals surface area (Å²) < 4.78 is 37.5. The molecule has 0 saturated carbocycles. The van der Waals surface area contributed by atoms with Crippen molar-refractivity contribution in [3.8, 4) is 5.69 Å². The maximum atomic E-state index is 14.0. The van der Waals surface area contributed by atoms with Crippen molar-refractivity contribution in [3.05, 3.63) is 48.3 Å². The highest BCUT2D eigenvalue weighted by molar-refractivity contribution is 7.90. The van der Waals surface area contributed by atoms with Crippen LogP contribution < -0.4 is 10.6 Å². The van der Waals surface area contributed by atoms with Gasteiger partial charge >= 0.3 is 6.03 Å². The molecule has 0 bridgehead atoms. The van der Waals surface area contributed by atoms with Gasteiger partial charge in [0.15, 0.2) is 0 Å². The number of benzene rings is 1. The molecule has 2 N–H and O–H groups in total. The molecule has 2 aromatic rings. The Morgan fingerprint density at radius 1 is 1.35 bits per heavy atom. The number of imidazole rings is 1. The zero-order valence-corrected chi connectivity index (χ0v) is 13.3. The second-order valence-corrected chi connectivity index (χ2v) is 7.25. The molecule has 0 atom stereocenters. The first-order valence-electron chi connectivity index (χ1n) is 6.81. The minimum atomic E-state index is -3.12. The summed E-state index contributed by atoms with van der Waals surface area (Å²) in [7, 11) is -3.12. The molecule has 0 fully saturated rings. The van der Waals surface area contributed by atoms with Crippen LogP contribution in [0.1, 0.15) is 5.56 Å². The molecule has 9 heteroatoms. The van der Waals surface area contributed by atoms with Crippen LogP contribution in [0.25, 0.3) is 5.69 Å². The number of aromatic nitrogens is 2. The van der Waals surface area contributed by atoms with Crippen molar-refractivity contribution in [2.45, 2.75) is 6.54 Å². The van der Waals surface area contributed by atoms with E-state index in [-0.39, 0.29) is 18.8 Å². The number of amides is 2. The average Bonchev–Trinajstić information content (AvgIpc) is 2.98. The predicted octanol–water partition coefficient (Wildman–Crippen LogP) is 0.855. The van der Waals surface area contributed by atoms with Crippen molar-refractivity contribution >= 4 is 15.9 Å². The molecule has 0 radical (unpaired) electrons. The Labute approximate surface area is 133 Å². The monoisotopic (exact) mass is 340 g/mol. The van der Waals surface area contributed by atoms with Crippen LogP contribution in [0.15, 0.2) is 36.9 Å². The first-order chi connectivity index (χ1) is 10.8. The van der Waals surface area contributed by atoms with Crippen LogP contribution in [0.4, 0.5) is 9.18 Å². The van der Waals surface area contributed by atoms with E-state index in [4.69, 9.17) is 0 Å². The molecule has 0 unspecified atom stereocenters. The Morgan fingerprint density at radius 3 is 2.74 bits per heavy atom. The van der Waals surface area contributed by atoms with Crippen molar-refractivity contribution in [1.29, 1.82) is 0 Å². The quantitative estimate of drug-likeness (QED) is 0.815. The van der Waals surface area contributed by atoms with Crippen LogP contribution in [0, 0.1) is 5.82 Å². The van der Waals surface area contributed by atoms with Crippen LogP contribution in [-0.2, 0) is 16.4 Å². The summed E-state index contributed by atoms with van der Waals surface area (Å²) in [5, 5.41) is 4.96. The molecule has 124 valence electrons. The van der Waals surface area contributed by atoms with E-state index in [1.54, 1.807) is 29.1 Å². The lowest BCUT2D eigenvalue weighted by Crippen LogP contribution is -2.37. The zero-order valence-electron chi connectivity index (χ0n) is 12.5. The zero-order chi connectivity index (χ0) is 16.9. The number of carbonyl (C=O) groups excluding carboxylic acids is 1. The van der Waals surface area contributed by atoms with Crippen molar-refractivity contribution in [1.82, 2.24) is 20.2 Å². The molecule has 2 rings (SSSR count). The Hall–Kier alpha value is -2.42. The Balaban J connectivity index is 1.86. The van der Waals surface area contributed by atoms with Gasteiger partial charge in [0.25, 0.3) is 0 Å². The van der Waals surface area contributed by atoms with Gasteiger partial charge < -0.3 is 15.2 Å². The number of sulfone groups is 1. The lowest BCUT2D eigenvalue weighted by molar-refractivity contribution is 0.241. The molecule has 0 aliphatic heterocycles. The molecule has 23 heavy (non-hydrogen) atoms. The highest BCUT2D eigenvalue weighted by Crippen LogP contribution is 2.14. The topological polar surface area (TPSA) is 93.1 Å². The van der Waals surface area contributed by atoms with Gasteiger partial charge in [-0.05, 0) is 17.7 Å². The largest absolute Gasteiger partial charge is 0.337 e. The second-order valence-electron chi connectivity index (χ2n) is 5.00. The van der Waals surface area contributed by atoms with Gasteiger partial charge in [-0.15, -0.1) is 0 Å². The third-order valence-electron chi connectivity index (χ3n) is 3.01. The van der Waals surface area contributed by atoms with E-state index in [1.165, 1.54) is 12.4 Å². The first kappa shape index (κ1) is 16.9. The van der Waals surface area contributed by atoms with Gasteiger partial charge in [0.05, 0.1) is 17.8 Å². The number of hydrogen-bond acceptors (Lipinski definition) is 4. The number of rotatable bonds is 6. The van der Waals surface area contributed by atoms with E-state index in [1.807, 2.05) is 0 Å². The molecule has 1 aromatic heterocycles. The van der Waals surface area contributed by atoms with Crippen LogP contribution in [0.2, 0.25) is 0 Å². The molecular formula is C14H17FN4O3S. The number of halogens is 1. The van der Waals surface area contributed by atoms with Crippen molar-refractivity contribution < 1.29 is 17.6 Å². The van der Waals surface area contributed by atoms with Crippen molar-refractivity contribution in [3.63, 3.8) is 0 Å². The lowest BCUT2D eigenvalue weighted by Gasteiger charge is -2.09. The molecule has 0 spiro atoms. The summed E-state index contributed by atoms with van der Waals surface area (Å²) >= 11 is 0. The average molecular weight is 340 g/mol. The summed E-state index contributed by atoms with van der Waals surface area (Å²) in [6.45, 7) is 0.157. The summed E-state index contributed by atoms with van der Waals surface area (Å²) in [5.41, 5.74) is 0.952. The van der Waals surface area contributed by atoms with Crippen LogP contribution in [-0.4, -0.2) is 42.6 Å². The lowest BCUT2D eigenvalue weighted by atomic mass is 10.2. The van der Waals surface area contributed by atoms with Gasteiger partial charge in [0.1, 0.15) is 15.7 Å². The van der Waals surface area contributed by atoms with E-state index < -0.39 is 21.7 Å². The normalized spacial score (nSPS) is 11.2. The summed E-state index contributed by atoms with van der Waals surface area (Å²) in [5.74, 6) is -0.561. The van der Waals surface area contributed by atoms with Gasteiger partial charge in [0, 0.05) is 31.7 Å². The fourth-order valence-electron chi connectivity index (χ4n) is 1.87. The highest BCUT2D eigenvalue weighted by atomic mass is 32.2. The van der Waals surface area contributed by atoms with Crippen LogP contribution >= 0.6 is 0 Å². The van der Waals surface area contributed by atoms with Crippen LogP contribution in [0.3, 0.4) is 0 Å². The summed E-state index contributed by atoms with van der Waals surface area (Å²) in [6, 6.07) is 4.10. The number of nitrogens with one attached hydrogen (secondary N) is 2. The van der Waals surface area contributed by atoms with Gasteiger partial charge in [-0.3, -0.25) is 0 Å². The van der Waals surface area contributed by atoms with E-state index in [0.29, 0.717) is 11.3 Å². The predicted molar refractivity (Wildman–Crippen MR) is 83.5 cm³/mol. The maximum absolute atomic E-state index is 14.0. The number of hydrogen-bond donors (Lipinski definition) is 2. The van der Waals surface area contributed by atoms with Gasteiger partial charge in [-0.25, -0.2) is 22.6 Å². The molecule has 7 nitrogen and oxygen atoms in total. The minimum absolute atomic E-state index is 0.0264. The van der Waals surface area contributed by atoms with E-state index >= 15 is 0 Å². The molecule has 0 aliphatic rings. The molecular weight excluding hydrogens is 323 g/mol. The third kappa shape index (κ3) is 5.37. The fourth-order valence-corrected chi connectivity index (χ4v) is 2.34. The Bertz CT molecular complexity index is 775. The molecule has 1 heterocycles.